The van der Waals surface area contributed by atoms with Crippen molar-refractivity contribution in [2.75, 3.05) is 13.2 Å². The molecule has 6 heteroatoms. The molecule has 29 heavy (non-hydrogen) atoms. The molecule has 0 radical (unpaired) electrons. The van der Waals surface area contributed by atoms with Crippen LogP contribution in [-0.4, -0.2) is 33.3 Å². The van der Waals surface area contributed by atoms with Gasteiger partial charge in [-0.15, -0.1) is 0 Å². The third-order valence-corrected chi connectivity index (χ3v) is 5.46. The van der Waals surface area contributed by atoms with Gasteiger partial charge in [0.2, 0.25) is 0 Å². The van der Waals surface area contributed by atoms with E-state index in [1.165, 1.54) is 5.56 Å². The normalized spacial score (nSPS) is 10.9. The second-order valence-electron chi connectivity index (χ2n) is 7.29. The second kappa shape index (κ2) is 9.67. The number of H-pyrrole nitrogens is 1. The molecule has 0 aliphatic heterocycles. The molecule has 0 unspecified atom stereocenters. The molecule has 5 nitrogen and oxygen atoms in total. The molecule has 0 saturated heterocycles. The molecule has 0 aliphatic carbocycles. The lowest BCUT2D eigenvalue weighted by molar-refractivity contribution is 0.264. The number of thiocarbonyl (C=S) groups is 1. The van der Waals surface area contributed by atoms with Gasteiger partial charge in [0.05, 0.1) is 6.54 Å². The van der Waals surface area contributed by atoms with Gasteiger partial charge in [0.1, 0.15) is 0 Å². The quantitative estimate of drug-likeness (QED) is 0.522. The van der Waals surface area contributed by atoms with Crippen LogP contribution in [0.3, 0.4) is 0 Å². The van der Waals surface area contributed by atoms with Crippen molar-refractivity contribution in [2.24, 2.45) is 0 Å². The summed E-state index contributed by atoms with van der Waals surface area (Å²) in [6.45, 7) is 5.75. The zero-order chi connectivity index (χ0) is 20.8. The van der Waals surface area contributed by atoms with E-state index in [2.05, 4.69) is 23.3 Å². The lowest BCUT2D eigenvalue weighted by Gasteiger charge is -2.25. The number of aromatic amines is 1. The average Bonchev–Trinajstić information content (AvgIpc) is 2.72. The number of pyridine rings is 1. The van der Waals surface area contributed by atoms with Crippen molar-refractivity contribution in [3.63, 3.8) is 0 Å². The standard InChI is InChI=1S/C23H27N3O2S/c1-16-11-19-13-20(22(28)25-21(19)12-17(16)2)15-26(9-6-10-27)23(29)24-14-18-7-4-3-5-8-18/h3-5,7-8,11-13,27H,6,9-10,14-15H2,1-2H3,(H,24,29)(H,25,28). The number of fused-ring (bicyclic) bond motifs is 1. The van der Waals surface area contributed by atoms with Crippen molar-refractivity contribution < 1.29 is 5.11 Å². The van der Waals surface area contributed by atoms with E-state index in [4.69, 9.17) is 12.2 Å². The van der Waals surface area contributed by atoms with Gasteiger partial charge in [-0.2, -0.15) is 0 Å². The van der Waals surface area contributed by atoms with E-state index in [0.717, 1.165) is 22.0 Å². The van der Waals surface area contributed by atoms with Gasteiger partial charge in [0.25, 0.3) is 5.56 Å². The number of hydrogen-bond acceptors (Lipinski definition) is 3. The molecule has 152 valence electrons. The second-order valence-corrected chi connectivity index (χ2v) is 7.68. The van der Waals surface area contributed by atoms with Crippen LogP contribution in [0.1, 0.15) is 28.7 Å². The number of aryl methyl sites for hydroxylation is 2. The smallest absolute Gasteiger partial charge is 0.253 e. The van der Waals surface area contributed by atoms with Gasteiger partial charge in [0, 0.05) is 30.8 Å². The maximum absolute atomic E-state index is 12.6. The Morgan fingerprint density at radius 1 is 1.14 bits per heavy atom. The molecule has 1 aromatic heterocycles. The van der Waals surface area contributed by atoms with Crippen molar-refractivity contribution in [2.45, 2.75) is 33.4 Å². The molecule has 3 rings (SSSR count). The van der Waals surface area contributed by atoms with Crippen molar-refractivity contribution in [3.8, 4) is 0 Å². The van der Waals surface area contributed by atoms with Crippen LogP contribution in [0.15, 0.2) is 53.3 Å². The molecule has 0 aliphatic rings. The Morgan fingerprint density at radius 3 is 2.59 bits per heavy atom. The maximum atomic E-state index is 12.6. The number of aliphatic hydroxyl groups excluding tert-OH is 1. The fourth-order valence-corrected chi connectivity index (χ4v) is 3.47. The molecule has 0 amide bonds. The van der Waals surface area contributed by atoms with Crippen LogP contribution < -0.4 is 10.9 Å². The lowest BCUT2D eigenvalue weighted by Crippen LogP contribution is -2.40. The molecule has 0 bridgehead atoms. The van der Waals surface area contributed by atoms with E-state index in [1.54, 1.807) is 0 Å². The number of benzene rings is 2. The van der Waals surface area contributed by atoms with E-state index >= 15 is 0 Å². The van der Waals surface area contributed by atoms with Crippen molar-refractivity contribution >= 4 is 28.2 Å². The number of hydrogen-bond donors (Lipinski definition) is 3. The lowest BCUT2D eigenvalue weighted by atomic mass is 10.0. The highest BCUT2D eigenvalue weighted by atomic mass is 32.1. The summed E-state index contributed by atoms with van der Waals surface area (Å²) in [5.41, 5.74) is 4.85. The van der Waals surface area contributed by atoms with Gasteiger partial charge in [0.15, 0.2) is 5.11 Å². The van der Waals surface area contributed by atoms with E-state index in [9.17, 15) is 9.90 Å². The highest BCUT2D eigenvalue weighted by Crippen LogP contribution is 2.18. The Morgan fingerprint density at radius 2 is 1.86 bits per heavy atom. The summed E-state index contributed by atoms with van der Waals surface area (Å²) in [7, 11) is 0. The molecule has 1 heterocycles. The zero-order valence-corrected chi connectivity index (χ0v) is 17.7. The van der Waals surface area contributed by atoms with Crippen LogP contribution in [0.25, 0.3) is 10.9 Å². The number of aliphatic hydroxyl groups is 1. The van der Waals surface area contributed by atoms with Gasteiger partial charge >= 0.3 is 0 Å². The Hall–Kier alpha value is -2.70. The van der Waals surface area contributed by atoms with Crippen LogP contribution in [0.4, 0.5) is 0 Å². The summed E-state index contributed by atoms with van der Waals surface area (Å²) in [4.78, 5) is 17.6. The van der Waals surface area contributed by atoms with Crippen LogP contribution >= 0.6 is 12.2 Å². The SMILES string of the molecule is Cc1cc2cc(CN(CCCO)C(=S)NCc3ccccc3)c(=O)[nH]c2cc1C. The van der Waals surface area contributed by atoms with Gasteiger partial charge in [-0.3, -0.25) is 4.79 Å². The summed E-state index contributed by atoms with van der Waals surface area (Å²) >= 11 is 5.59. The van der Waals surface area contributed by atoms with E-state index in [-0.39, 0.29) is 12.2 Å². The average molecular weight is 410 g/mol. The minimum absolute atomic E-state index is 0.0738. The number of nitrogens with zero attached hydrogens (tertiary/aromatic N) is 1. The molecular formula is C23H27N3O2S. The molecule has 0 atom stereocenters. The predicted molar refractivity (Wildman–Crippen MR) is 122 cm³/mol. The number of aromatic nitrogens is 1. The van der Waals surface area contributed by atoms with Crippen LogP contribution in [0.5, 0.6) is 0 Å². The predicted octanol–water partition coefficient (Wildman–Crippen LogP) is 3.40. The van der Waals surface area contributed by atoms with Gasteiger partial charge in [-0.05, 0) is 72.8 Å². The summed E-state index contributed by atoms with van der Waals surface area (Å²) in [6.07, 6.45) is 0.580. The summed E-state index contributed by atoms with van der Waals surface area (Å²) in [5, 5.41) is 14.1. The van der Waals surface area contributed by atoms with Gasteiger partial charge < -0.3 is 20.3 Å². The first-order valence-corrected chi connectivity index (χ1v) is 10.2. The van der Waals surface area contributed by atoms with Gasteiger partial charge in [-0.25, -0.2) is 0 Å². The topological polar surface area (TPSA) is 68.4 Å². The highest BCUT2D eigenvalue weighted by Gasteiger charge is 2.13. The Labute approximate surface area is 176 Å². The number of rotatable bonds is 7. The van der Waals surface area contributed by atoms with Gasteiger partial charge in [-0.1, -0.05) is 30.3 Å². The maximum Gasteiger partial charge on any atom is 0.253 e. The highest BCUT2D eigenvalue weighted by molar-refractivity contribution is 7.80. The molecular weight excluding hydrogens is 382 g/mol. The summed E-state index contributed by atoms with van der Waals surface area (Å²) in [6, 6.07) is 16.1. The zero-order valence-electron chi connectivity index (χ0n) is 16.9. The molecule has 0 fully saturated rings. The first kappa shape index (κ1) is 21.0. The van der Waals surface area contributed by atoms with Crippen LogP contribution in [0.2, 0.25) is 0 Å². The minimum atomic E-state index is -0.111. The van der Waals surface area contributed by atoms with Crippen molar-refractivity contribution in [1.82, 2.24) is 15.2 Å². The Balaban J connectivity index is 1.80. The fourth-order valence-electron chi connectivity index (χ4n) is 3.24. The molecule has 2 aromatic carbocycles. The largest absolute Gasteiger partial charge is 0.396 e. The van der Waals surface area contributed by atoms with E-state index < -0.39 is 0 Å². The van der Waals surface area contributed by atoms with Crippen molar-refractivity contribution in [3.05, 3.63) is 81.1 Å². The minimum Gasteiger partial charge on any atom is -0.396 e. The monoisotopic (exact) mass is 409 g/mol. The molecule has 0 saturated carbocycles. The third kappa shape index (κ3) is 5.43. The Bertz CT molecular complexity index is 1050. The molecule has 0 spiro atoms. The van der Waals surface area contributed by atoms with Crippen LogP contribution in [0, 0.1) is 13.8 Å². The number of nitrogens with one attached hydrogen (secondary N) is 2. The van der Waals surface area contributed by atoms with E-state index in [0.29, 0.717) is 36.7 Å². The summed E-state index contributed by atoms with van der Waals surface area (Å²) in [5.74, 6) is 0. The first-order valence-electron chi connectivity index (χ1n) is 9.78. The fraction of sp³-hybridized carbons (Fsp3) is 0.304. The van der Waals surface area contributed by atoms with Crippen LogP contribution in [-0.2, 0) is 13.1 Å². The molecule has 3 aromatic rings. The third-order valence-electron chi connectivity index (χ3n) is 5.06. The molecule has 3 N–H and O–H groups in total. The summed E-state index contributed by atoms with van der Waals surface area (Å²) < 4.78 is 0. The first-order chi connectivity index (χ1) is 14.0. The van der Waals surface area contributed by atoms with Crippen molar-refractivity contribution in [1.29, 1.82) is 0 Å². The van der Waals surface area contributed by atoms with E-state index in [1.807, 2.05) is 54.3 Å². The Kier molecular flexibility index (Phi) is 7.01.